The van der Waals surface area contributed by atoms with E-state index in [1.54, 1.807) is 0 Å². The number of hydrogen-bond donors (Lipinski definition) is 0. The molecule has 60 heavy (non-hydrogen) atoms. The Morgan fingerprint density at radius 1 is 0.417 bits per heavy atom. The first-order chi connectivity index (χ1) is 29.7. The summed E-state index contributed by atoms with van der Waals surface area (Å²) in [5, 5.41) is 4.72. The predicted molar refractivity (Wildman–Crippen MR) is 254 cm³/mol. The zero-order valence-corrected chi connectivity index (χ0v) is 33.4. The zero-order chi connectivity index (χ0) is 39.8. The number of furan rings is 1. The van der Waals surface area contributed by atoms with Crippen molar-refractivity contribution in [3.8, 4) is 33.4 Å². The Bertz CT molecular complexity index is 3190. The maximum Gasteiger partial charge on any atom is 0.137 e. The van der Waals surface area contributed by atoms with Crippen LogP contribution in [-0.4, -0.2) is 0 Å². The average Bonchev–Trinajstić information content (AvgIpc) is 3.70. The van der Waals surface area contributed by atoms with Crippen LogP contribution in [-0.2, 0) is 0 Å². The van der Waals surface area contributed by atoms with E-state index in [2.05, 4.69) is 217 Å². The van der Waals surface area contributed by atoms with Crippen LogP contribution in [0.3, 0.4) is 0 Å². The molecule has 0 fully saturated rings. The maximum atomic E-state index is 6.71. The molecule has 2 nitrogen and oxygen atoms in total. The largest absolute Gasteiger partial charge is 0.456 e. The Labute approximate surface area is 351 Å². The van der Waals surface area contributed by atoms with Gasteiger partial charge in [-0.1, -0.05) is 158 Å². The van der Waals surface area contributed by atoms with Gasteiger partial charge in [-0.05, 0) is 141 Å². The third kappa shape index (κ3) is 6.67. The molecule has 2 heteroatoms. The Morgan fingerprint density at radius 3 is 1.98 bits per heavy atom. The van der Waals surface area contributed by atoms with E-state index in [4.69, 9.17) is 4.42 Å². The molecule has 2 aliphatic rings. The lowest BCUT2D eigenvalue weighted by Crippen LogP contribution is -2.10. The fourth-order valence-electron chi connectivity index (χ4n) is 9.25. The van der Waals surface area contributed by atoms with Gasteiger partial charge in [0.1, 0.15) is 11.2 Å². The number of fused-ring (bicyclic) bond motifs is 4. The molecule has 0 N–H and O–H groups in total. The van der Waals surface area contributed by atoms with Gasteiger partial charge < -0.3 is 9.32 Å². The van der Waals surface area contributed by atoms with E-state index in [0.717, 1.165) is 64.7 Å². The second-order valence-electron chi connectivity index (χ2n) is 15.9. The van der Waals surface area contributed by atoms with Crippen LogP contribution in [0.15, 0.2) is 228 Å². The quantitative estimate of drug-likeness (QED) is 0.153. The Balaban J connectivity index is 1.06. The molecule has 0 aliphatic heterocycles. The third-order valence-electron chi connectivity index (χ3n) is 12.2. The molecule has 0 amide bonds. The lowest BCUT2D eigenvalue weighted by Gasteiger charge is -2.27. The van der Waals surface area contributed by atoms with E-state index in [1.165, 1.54) is 66.4 Å². The highest BCUT2D eigenvalue weighted by molar-refractivity contribution is 6.07. The lowest BCUT2D eigenvalue weighted by molar-refractivity contribution is 0.669. The molecule has 0 atom stereocenters. The molecule has 0 bridgehead atoms. The van der Waals surface area contributed by atoms with Gasteiger partial charge in [-0.2, -0.15) is 0 Å². The first kappa shape index (κ1) is 35.7. The summed E-state index contributed by atoms with van der Waals surface area (Å²) in [7, 11) is 0. The van der Waals surface area contributed by atoms with Crippen molar-refractivity contribution in [3.05, 3.63) is 229 Å². The first-order valence-electron chi connectivity index (χ1n) is 21.1. The van der Waals surface area contributed by atoms with Crippen LogP contribution in [0.4, 0.5) is 17.1 Å². The van der Waals surface area contributed by atoms with Gasteiger partial charge in [0.25, 0.3) is 0 Å². The highest BCUT2D eigenvalue weighted by Gasteiger charge is 2.20. The van der Waals surface area contributed by atoms with Gasteiger partial charge >= 0.3 is 0 Å². The molecule has 1 aromatic heterocycles. The molecule has 11 rings (SSSR count). The van der Waals surface area contributed by atoms with Crippen molar-refractivity contribution in [1.29, 1.82) is 0 Å². The Kier molecular flexibility index (Phi) is 9.17. The second-order valence-corrected chi connectivity index (χ2v) is 15.9. The minimum atomic E-state index is 0.868. The second kappa shape index (κ2) is 15.4. The summed E-state index contributed by atoms with van der Waals surface area (Å²) < 4.78 is 6.71. The topological polar surface area (TPSA) is 16.4 Å². The van der Waals surface area contributed by atoms with Crippen LogP contribution < -0.4 is 4.90 Å². The normalized spacial score (nSPS) is 14.0. The van der Waals surface area contributed by atoms with Crippen LogP contribution >= 0.6 is 0 Å². The minimum absolute atomic E-state index is 0.868. The predicted octanol–water partition coefficient (Wildman–Crippen LogP) is 16.6. The van der Waals surface area contributed by atoms with Crippen LogP contribution in [0.2, 0.25) is 0 Å². The monoisotopic (exact) mass is 769 g/mol. The number of allylic oxidation sites excluding steroid dienone is 8. The lowest BCUT2D eigenvalue weighted by atomic mass is 9.87. The highest BCUT2D eigenvalue weighted by atomic mass is 16.3. The first-order valence-corrected chi connectivity index (χ1v) is 21.1. The number of rotatable bonds is 8. The molecular weight excluding hydrogens is 727 g/mol. The van der Waals surface area contributed by atoms with Crippen LogP contribution in [0.5, 0.6) is 0 Å². The Hall–Kier alpha value is -7.42. The summed E-state index contributed by atoms with van der Waals surface area (Å²) in [4.78, 5) is 2.38. The van der Waals surface area contributed by atoms with Crippen LogP contribution in [0.25, 0.3) is 71.7 Å². The average molecular weight is 770 g/mol. The molecule has 0 saturated carbocycles. The van der Waals surface area contributed by atoms with Gasteiger partial charge in [-0.3, -0.25) is 0 Å². The van der Waals surface area contributed by atoms with Crippen molar-refractivity contribution in [2.75, 3.05) is 4.90 Å². The van der Waals surface area contributed by atoms with Crippen LogP contribution in [0, 0.1) is 0 Å². The number of nitrogens with zero attached hydrogens (tertiary/aromatic N) is 1. The fraction of sp³-hybridized carbons (Fsp3) is 0.0690. The van der Waals surface area contributed by atoms with Crippen molar-refractivity contribution in [1.82, 2.24) is 0 Å². The zero-order valence-electron chi connectivity index (χ0n) is 33.4. The molecular formula is C58H43NO. The minimum Gasteiger partial charge on any atom is -0.456 e. The van der Waals surface area contributed by atoms with E-state index in [9.17, 15) is 0 Å². The van der Waals surface area contributed by atoms with E-state index in [0.29, 0.717) is 0 Å². The van der Waals surface area contributed by atoms with Crippen molar-refractivity contribution in [2.45, 2.75) is 25.7 Å². The van der Waals surface area contributed by atoms with E-state index in [1.807, 2.05) is 0 Å². The molecule has 2 aliphatic carbocycles. The molecule has 9 aromatic rings. The molecule has 286 valence electrons. The standard InChI is InChI=1S/C58H43NO/c1-4-15-40(16-5-1)44-23-12-24-45(35-44)46-29-34-57-56(37-46)54-33-31-50(39-58(54)60-57)59(48-26-13-25-47(36-48)52-28-14-22-42-21-10-11-27-51(42)52)49-30-32-53(41-17-6-2-7-18-41)55(38-49)43-19-8-3-9-20-43/h1-4,6-11,13-15,17-22,24-39H,5,12,16,23H2. The highest BCUT2D eigenvalue weighted by Crippen LogP contribution is 2.44. The summed E-state index contributed by atoms with van der Waals surface area (Å²) in [6, 6.07) is 65.9. The summed E-state index contributed by atoms with van der Waals surface area (Å²) in [6.45, 7) is 0. The smallest absolute Gasteiger partial charge is 0.137 e. The molecule has 0 spiro atoms. The van der Waals surface area contributed by atoms with Crippen LogP contribution in [0.1, 0.15) is 31.2 Å². The third-order valence-corrected chi connectivity index (χ3v) is 12.2. The van der Waals surface area contributed by atoms with Gasteiger partial charge in [-0.25, -0.2) is 0 Å². The SMILES string of the molecule is C1=CCCC(C2=CC(c3ccc4oc5cc(N(c6cccc(-c7cccc8ccccc78)c6)c6ccc(-c7ccccc7)c(-c7ccccc7)c6)ccc5c4c3)=CCC2)=C1. The van der Waals surface area contributed by atoms with Crippen molar-refractivity contribution < 1.29 is 4.42 Å². The molecule has 0 saturated heterocycles. The van der Waals surface area contributed by atoms with Gasteiger partial charge in [0.05, 0.1) is 0 Å². The van der Waals surface area contributed by atoms with E-state index in [-0.39, 0.29) is 0 Å². The Morgan fingerprint density at radius 2 is 1.13 bits per heavy atom. The van der Waals surface area contributed by atoms with Gasteiger partial charge in [-0.15, -0.1) is 0 Å². The number of hydrogen-bond acceptors (Lipinski definition) is 2. The van der Waals surface area contributed by atoms with E-state index >= 15 is 0 Å². The van der Waals surface area contributed by atoms with Gasteiger partial charge in [0, 0.05) is 33.9 Å². The van der Waals surface area contributed by atoms with Crippen molar-refractivity contribution >= 4 is 55.3 Å². The van der Waals surface area contributed by atoms with Gasteiger partial charge in [0.2, 0.25) is 0 Å². The summed E-state index contributed by atoms with van der Waals surface area (Å²) >= 11 is 0. The maximum absolute atomic E-state index is 6.71. The fourth-order valence-corrected chi connectivity index (χ4v) is 9.25. The molecule has 8 aromatic carbocycles. The van der Waals surface area contributed by atoms with Gasteiger partial charge in [0.15, 0.2) is 0 Å². The molecule has 1 heterocycles. The summed E-state index contributed by atoms with van der Waals surface area (Å²) in [5.41, 5.74) is 17.5. The van der Waals surface area contributed by atoms with E-state index < -0.39 is 0 Å². The summed E-state index contributed by atoms with van der Waals surface area (Å²) in [6.07, 6.45) is 16.0. The number of benzene rings is 8. The van der Waals surface area contributed by atoms with Crippen molar-refractivity contribution in [3.63, 3.8) is 0 Å². The van der Waals surface area contributed by atoms with Crippen molar-refractivity contribution in [2.24, 2.45) is 0 Å². The molecule has 0 radical (unpaired) electrons. The summed E-state index contributed by atoms with van der Waals surface area (Å²) in [5.74, 6) is 0. The molecule has 0 unspecified atom stereocenters. The number of anilines is 3.